The van der Waals surface area contributed by atoms with E-state index in [4.69, 9.17) is 4.65 Å². The predicted octanol–water partition coefficient (Wildman–Crippen LogP) is 8.03. The van der Waals surface area contributed by atoms with Gasteiger partial charge in [-0.05, 0) is 122 Å². The molecule has 248 valence electrons. The van der Waals surface area contributed by atoms with Gasteiger partial charge in [-0.15, -0.1) is 0 Å². The van der Waals surface area contributed by atoms with Gasteiger partial charge in [0.15, 0.2) is 0 Å². The molecule has 1 aromatic heterocycles. The molecule has 0 radical (unpaired) electrons. The third-order valence-electron chi connectivity index (χ3n) is 9.91. The number of para-hydroxylation sites is 1. The number of hydrogen-bond donors (Lipinski definition) is 3. The van der Waals surface area contributed by atoms with E-state index in [2.05, 4.69) is 33.2 Å². The van der Waals surface area contributed by atoms with Crippen LogP contribution in [0, 0.1) is 17.8 Å². The minimum Gasteiger partial charge on any atom is -0.507 e. The molecule has 2 fully saturated rings. The molecule has 4 atom stereocenters. The maximum Gasteiger partial charge on any atom is 0.455 e. The molecule has 8 nitrogen and oxygen atoms in total. The van der Waals surface area contributed by atoms with Crippen molar-refractivity contribution >= 4 is 63.6 Å². The van der Waals surface area contributed by atoms with E-state index in [0.717, 1.165) is 44.7 Å². The Morgan fingerprint density at radius 3 is 2.49 bits per heavy atom. The van der Waals surface area contributed by atoms with E-state index in [1.54, 1.807) is 18.3 Å². The van der Waals surface area contributed by atoms with Crippen LogP contribution in [0.4, 0.5) is 17.1 Å². The number of nitrogens with zero attached hydrogens (tertiary/aromatic N) is 2. The second-order valence-electron chi connectivity index (χ2n) is 12.8. The molecule has 0 unspecified atom stereocenters. The van der Waals surface area contributed by atoms with Gasteiger partial charge in [0.2, 0.25) is 11.8 Å². The Hall–Kier alpha value is -4.51. The van der Waals surface area contributed by atoms with E-state index in [0.29, 0.717) is 30.5 Å². The van der Waals surface area contributed by atoms with Gasteiger partial charge in [-0.25, -0.2) is 0 Å². The molecule has 10 heteroatoms. The Kier molecular flexibility index (Phi) is 9.54. The molecule has 3 aromatic carbocycles. The Bertz CT molecular complexity index is 1920. The largest absolute Gasteiger partial charge is 0.507 e. The summed E-state index contributed by atoms with van der Waals surface area (Å²) in [6.45, 7) is 2.08. The van der Waals surface area contributed by atoms with Crippen LogP contribution in [0.25, 0.3) is 11.6 Å². The number of phenols is 1. The van der Waals surface area contributed by atoms with Gasteiger partial charge in [-0.1, -0.05) is 52.7 Å². The zero-order valence-electron chi connectivity index (χ0n) is 27.1. The molecular weight excluding hydrogens is 681 g/mol. The van der Waals surface area contributed by atoms with E-state index in [1.165, 1.54) is 4.90 Å². The number of allylic oxidation sites excluding steroid dienone is 2. The minimum absolute atomic E-state index is 0.159. The Morgan fingerprint density at radius 2 is 1.76 bits per heavy atom. The molecule has 0 saturated carbocycles. The summed E-state index contributed by atoms with van der Waals surface area (Å²) < 4.78 is 7.07. The smallest absolute Gasteiger partial charge is 0.455 e. The van der Waals surface area contributed by atoms with Crippen molar-refractivity contribution in [2.75, 3.05) is 10.2 Å². The number of phenolic OH excluding ortho intramolecular Hbond substituents is 1. The molecule has 0 spiro atoms. The van der Waals surface area contributed by atoms with Crippen molar-refractivity contribution in [3.63, 3.8) is 0 Å². The zero-order valence-corrected chi connectivity index (χ0v) is 28.7. The summed E-state index contributed by atoms with van der Waals surface area (Å²) in [5, 5.41) is 25.0. The van der Waals surface area contributed by atoms with Gasteiger partial charge >= 0.3 is 7.12 Å². The number of aromatic hydroxyl groups is 1. The molecular formula is C39H37BBrN3O5. The van der Waals surface area contributed by atoms with Gasteiger partial charge < -0.3 is 20.1 Å². The molecule has 0 bridgehead atoms. The Morgan fingerprint density at radius 1 is 1.00 bits per heavy atom. The van der Waals surface area contributed by atoms with Gasteiger partial charge in [0.05, 0.1) is 29.3 Å². The van der Waals surface area contributed by atoms with E-state index in [9.17, 15) is 19.7 Å². The van der Waals surface area contributed by atoms with Crippen molar-refractivity contribution in [1.82, 2.24) is 4.98 Å². The number of carbonyl (C=O) groups is 2. The Labute approximate surface area is 294 Å². The van der Waals surface area contributed by atoms with Gasteiger partial charge in [0, 0.05) is 27.6 Å². The SMILES string of the molecule is CCC1=C2[C@@H](CC/C(=C/c3cc(Br)ccc3O)c3ccccn3)OB(O)C[C@@H]2[C@@H]2C(=O)N(c3ccc(Nc4ccccc4)cc3)C(=O)[C@@H]2C1. The van der Waals surface area contributed by atoms with Gasteiger partial charge in [0.25, 0.3) is 0 Å². The first-order valence-corrected chi connectivity index (χ1v) is 17.6. The highest BCUT2D eigenvalue weighted by molar-refractivity contribution is 9.10. The molecule has 4 aromatic rings. The highest BCUT2D eigenvalue weighted by atomic mass is 79.9. The van der Waals surface area contributed by atoms with Crippen LogP contribution < -0.4 is 10.2 Å². The number of fused-ring (bicyclic) bond motifs is 3. The summed E-state index contributed by atoms with van der Waals surface area (Å²) in [5.74, 6) is -1.59. The fourth-order valence-electron chi connectivity index (χ4n) is 7.68. The van der Waals surface area contributed by atoms with Crippen LogP contribution in [-0.2, 0) is 14.2 Å². The number of pyridine rings is 1. The van der Waals surface area contributed by atoms with Gasteiger partial charge in [0.1, 0.15) is 5.75 Å². The van der Waals surface area contributed by atoms with Crippen LogP contribution in [0.1, 0.15) is 43.9 Å². The number of halogens is 1. The maximum absolute atomic E-state index is 14.2. The lowest BCUT2D eigenvalue weighted by molar-refractivity contribution is -0.122. The summed E-state index contributed by atoms with van der Waals surface area (Å²) >= 11 is 3.50. The van der Waals surface area contributed by atoms with Crippen molar-refractivity contribution in [2.45, 2.75) is 45.0 Å². The standard InChI is InChI=1S/C39H37BBrN3O5/c1-2-24-22-31-37(39(47)44(38(31)46)30-15-13-29(14-16-30)43-28-8-4-3-5-9-28)32-23-40(48)49-35(36(24)32)18-11-25(33-10-6-7-19-42-33)20-26-21-27(41)12-17-34(26)45/h3-10,12-17,19-21,31-32,35,37,43,45,48H,2,11,18,22-23H2,1H3/b25-20-/t31-,32+,35-,37-/m1/s1. The fourth-order valence-corrected chi connectivity index (χ4v) is 8.06. The van der Waals surface area contributed by atoms with Crippen molar-refractivity contribution in [3.05, 3.63) is 124 Å². The molecule has 7 rings (SSSR count). The van der Waals surface area contributed by atoms with Crippen molar-refractivity contribution in [3.8, 4) is 5.75 Å². The average molecular weight is 718 g/mol. The predicted molar refractivity (Wildman–Crippen MR) is 196 cm³/mol. The van der Waals surface area contributed by atoms with Crippen molar-refractivity contribution in [1.29, 1.82) is 0 Å². The van der Waals surface area contributed by atoms with Gasteiger partial charge in [-0.2, -0.15) is 0 Å². The average Bonchev–Trinajstić information content (AvgIpc) is 3.37. The summed E-state index contributed by atoms with van der Waals surface area (Å²) in [5.41, 5.74) is 6.87. The molecule has 3 heterocycles. The summed E-state index contributed by atoms with van der Waals surface area (Å²) in [7, 11) is -1.06. The quantitative estimate of drug-likeness (QED) is 0.0913. The van der Waals surface area contributed by atoms with E-state index >= 15 is 0 Å². The molecule has 1 aliphatic carbocycles. The third kappa shape index (κ3) is 6.73. The van der Waals surface area contributed by atoms with Crippen LogP contribution in [0.15, 0.2) is 113 Å². The summed E-state index contributed by atoms with van der Waals surface area (Å²) in [6, 6.07) is 28.2. The Balaban J connectivity index is 1.15. The monoisotopic (exact) mass is 717 g/mol. The van der Waals surface area contributed by atoms with E-state index < -0.39 is 25.1 Å². The van der Waals surface area contributed by atoms with Crippen LogP contribution >= 0.6 is 15.9 Å². The van der Waals surface area contributed by atoms with Crippen LogP contribution in [0.2, 0.25) is 6.32 Å². The number of nitrogens with one attached hydrogen (secondary N) is 1. The number of carbonyl (C=O) groups excluding carboxylic acids is 2. The molecule has 2 aliphatic heterocycles. The second-order valence-corrected chi connectivity index (χ2v) is 13.8. The normalized spacial score (nSPS) is 22.3. The van der Waals surface area contributed by atoms with E-state index in [-0.39, 0.29) is 29.8 Å². The first-order valence-electron chi connectivity index (χ1n) is 16.8. The fraction of sp³-hybridized carbons (Fsp3) is 0.256. The number of benzene rings is 3. The molecule has 3 aliphatic rings. The topological polar surface area (TPSA) is 112 Å². The summed E-state index contributed by atoms with van der Waals surface area (Å²) in [6.07, 6.45) is 5.79. The lowest BCUT2D eigenvalue weighted by Gasteiger charge is -2.43. The first kappa shape index (κ1) is 33.0. The van der Waals surface area contributed by atoms with Crippen LogP contribution in [0.3, 0.4) is 0 Å². The van der Waals surface area contributed by atoms with Crippen molar-refractivity contribution < 1.29 is 24.4 Å². The number of aromatic nitrogens is 1. The number of anilines is 3. The highest BCUT2D eigenvalue weighted by Gasteiger charge is 2.57. The number of hydrogen-bond acceptors (Lipinski definition) is 7. The van der Waals surface area contributed by atoms with Crippen LogP contribution in [0.5, 0.6) is 5.75 Å². The zero-order chi connectivity index (χ0) is 34.1. The molecule has 2 amide bonds. The molecule has 49 heavy (non-hydrogen) atoms. The number of imide groups is 1. The molecule has 3 N–H and O–H groups in total. The lowest BCUT2D eigenvalue weighted by atomic mass is 9.58. The lowest BCUT2D eigenvalue weighted by Crippen LogP contribution is -2.46. The second kappa shape index (κ2) is 14.2. The molecule has 2 saturated heterocycles. The maximum atomic E-state index is 14.2. The van der Waals surface area contributed by atoms with Gasteiger partial charge in [-0.3, -0.25) is 19.5 Å². The van der Waals surface area contributed by atoms with E-state index in [1.807, 2.05) is 84.9 Å². The van der Waals surface area contributed by atoms with Crippen LogP contribution in [-0.4, -0.2) is 40.2 Å². The minimum atomic E-state index is -1.06. The van der Waals surface area contributed by atoms with Crippen molar-refractivity contribution in [2.24, 2.45) is 17.8 Å². The number of rotatable bonds is 9. The summed E-state index contributed by atoms with van der Waals surface area (Å²) in [4.78, 5) is 34.1. The highest BCUT2D eigenvalue weighted by Crippen LogP contribution is 2.52. The first-order chi connectivity index (χ1) is 23.8. The third-order valence-corrected chi connectivity index (χ3v) is 10.4. The number of amides is 2.